The second-order valence-corrected chi connectivity index (χ2v) is 9.43. The summed E-state index contributed by atoms with van der Waals surface area (Å²) in [4.78, 5) is 10.2. The van der Waals surface area contributed by atoms with E-state index in [1.54, 1.807) is 24.3 Å². The molecule has 0 atom stereocenters. The molecule has 0 amide bonds. The van der Waals surface area contributed by atoms with Crippen molar-refractivity contribution in [1.29, 1.82) is 0 Å². The molecule has 3 aromatic rings. The lowest BCUT2D eigenvalue weighted by Crippen LogP contribution is -2.35. The van der Waals surface area contributed by atoms with Gasteiger partial charge in [0.25, 0.3) is 15.7 Å². The molecule has 0 fully saturated rings. The van der Waals surface area contributed by atoms with E-state index in [-0.39, 0.29) is 34.4 Å². The van der Waals surface area contributed by atoms with Gasteiger partial charge in [-0.05, 0) is 43.2 Å². The van der Waals surface area contributed by atoms with Crippen LogP contribution in [0.3, 0.4) is 0 Å². The van der Waals surface area contributed by atoms with Crippen LogP contribution in [0.5, 0.6) is 11.5 Å². The van der Waals surface area contributed by atoms with Gasteiger partial charge in [-0.1, -0.05) is 41.9 Å². The zero-order valence-electron chi connectivity index (χ0n) is 18.3. The number of nitrogens with zero attached hydrogens (tertiary/aromatic N) is 2. The molecule has 33 heavy (non-hydrogen) atoms. The molecule has 10 heteroatoms. The predicted octanol–water partition coefficient (Wildman–Crippen LogP) is 5.15. The van der Waals surface area contributed by atoms with Crippen LogP contribution < -0.4 is 13.8 Å². The minimum atomic E-state index is -4.31. The number of benzene rings is 3. The highest BCUT2D eigenvalue weighted by atomic mass is 35.5. The molecule has 0 saturated carbocycles. The number of halogens is 1. The largest absolute Gasteiger partial charge is 0.495 e. The first kappa shape index (κ1) is 24.3. The van der Waals surface area contributed by atoms with Crippen LogP contribution in [-0.4, -0.2) is 33.6 Å². The highest BCUT2D eigenvalue weighted by Crippen LogP contribution is 2.35. The van der Waals surface area contributed by atoms with Gasteiger partial charge in [-0.3, -0.25) is 14.4 Å². The Morgan fingerprint density at radius 2 is 1.70 bits per heavy atom. The fourth-order valence-electron chi connectivity index (χ4n) is 3.39. The van der Waals surface area contributed by atoms with Crippen LogP contribution >= 0.6 is 11.6 Å². The summed E-state index contributed by atoms with van der Waals surface area (Å²) < 4.78 is 39.7. The minimum Gasteiger partial charge on any atom is -0.495 e. The van der Waals surface area contributed by atoms with Crippen LogP contribution in [0.4, 0.5) is 11.4 Å². The van der Waals surface area contributed by atoms with Gasteiger partial charge in [0.2, 0.25) is 0 Å². The van der Waals surface area contributed by atoms with Gasteiger partial charge in [-0.15, -0.1) is 0 Å². The van der Waals surface area contributed by atoms with E-state index in [4.69, 9.17) is 21.1 Å². The Balaban J connectivity index is 2.04. The lowest BCUT2D eigenvalue weighted by atomic mass is 10.1. The van der Waals surface area contributed by atoms with E-state index in [1.807, 2.05) is 32.0 Å². The molecule has 0 aromatic heterocycles. The average Bonchev–Trinajstić information content (AvgIpc) is 2.78. The fraction of sp³-hybridized carbons (Fsp3) is 0.217. The normalized spacial score (nSPS) is 11.2. The zero-order chi connectivity index (χ0) is 24.2. The standard InChI is InChI=1S/C23H23ClN2O6S/c1-16-7-6-8-17(2)23(16)32-14-13-25(20-9-4-5-10-21(20)31-3)33(29,30)22-15-18(26(27)28)11-12-19(22)24/h4-12,15H,13-14H2,1-3H3. The molecule has 0 N–H and O–H groups in total. The Morgan fingerprint density at radius 1 is 1.03 bits per heavy atom. The fourth-order valence-corrected chi connectivity index (χ4v) is 5.34. The van der Waals surface area contributed by atoms with Crippen LogP contribution in [0.25, 0.3) is 0 Å². The zero-order valence-corrected chi connectivity index (χ0v) is 19.9. The summed E-state index contributed by atoms with van der Waals surface area (Å²) in [6, 6.07) is 15.6. The van der Waals surface area contributed by atoms with E-state index in [0.29, 0.717) is 11.5 Å². The SMILES string of the molecule is COc1ccccc1N(CCOc1c(C)cccc1C)S(=O)(=O)c1cc([N+](=O)[O-])ccc1Cl. The molecule has 3 aromatic carbocycles. The number of nitro groups is 1. The number of hydrogen-bond donors (Lipinski definition) is 0. The highest BCUT2D eigenvalue weighted by molar-refractivity contribution is 7.93. The van der Waals surface area contributed by atoms with Crippen molar-refractivity contribution in [3.8, 4) is 11.5 Å². The molecule has 0 aliphatic rings. The smallest absolute Gasteiger partial charge is 0.270 e. The van der Waals surface area contributed by atoms with E-state index in [0.717, 1.165) is 27.6 Å². The van der Waals surface area contributed by atoms with Gasteiger partial charge >= 0.3 is 0 Å². The van der Waals surface area contributed by atoms with E-state index >= 15 is 0 Å². The van der Waals surface area contributed by atoms with Crippen molar-refractivity contribution < 1.29 is 22.8 Å². The summed E-state index contributed by atoms with van der Waals surface area (Å²) in [6.45, 7) is 3.74. The number of para-hydroxylation sites is 3. The number of rotatable bonds is 9. The number of aryl methyl sites for hydroxylation is 2. The highest BCUT2D eigenvalue weighted by Gasteiger charge is 2.31. The van der Waals surface area contributed by atoms with Gasteiger partial charge in [0.05, 0.1) is 29.3 Å². The van der Waals surface area contributed by atoms with Gasteiger partial charge in [-0.25, -0.2) is 8.42 Å². The van der Waals surface area contributed by atoms with E-state index in [9.17, 15) is 18.5 Å². The first-order chi connectivity index (χ1) is 15.7. The molecule has 0 saturated heterocycles. The Morgan fingerprint density at radius 3 is 2.33 bits per heavy atom. The maximum atomic E-state index is 13.7. The molecule has 0 bridgehead atoms. The number of hydrogen-bond acceptors (Lipinski definition) is 6. The van der Waals surface area contributed by atoms with E-state index in [1.165, 1.54) is 13.2 Å². The number of sulfonamides is 1. The molecule has 3 rings (SSSR count). The molecule has 8 nitrogen and oxygen atoms in total. The monoisotopic (exact) mass is 490 g/mol. The predicted molar refractivity (Wildman–Crippen MR) is 127 cm³/mol. The van der Waals surface area contributed by atoms with Gasteiger partial charge in [-0.2, -0.15) is 0 Å². The number of nitro benzene ring substituents is 1. The van der Waals surface area contributed by atoms with Crippen molar-refractivity contribution in [3.05, 3.63) is 86.9 Å². The quantitative estimate of drug-likeness (QED) is 0.304. The van der Waals surface area contributed by atoms with Crippen LogP contribution in [-0.2, 0) is 10.0 Å². The maximum Gasteiger partial charge on any atom is 0.270 e. The average molecular weight is 491 g/mol. The second-order valence-electron chi connectivity index (χ2n) is 7.19. The summed E-state index contributed by atoms with van der Waals surface area (Å²) in [5, 5.41) is 11.1. The van der Waals surface area contributed by atoms with Gasteiger partial charge in [0.1, 0.15) is 23.0 Å². The third-order valence-electron chi connectivity index (χ3n) is 5.00. The second kappa shape index (κ2) is 10.1. The van der Waals surface area contributed by atoms with Crippen molar-refractivity contribution in [2.45, 2.75) is 18.7 Å². The van der Waals surface area contributed by atoms with Crippen LogP contribution in [0, 0.1) is 24.0 Å². The summed E-state index contributed by atoms with van der Waals surface area (Å²) in [7, 11) is -2.88. The first-order valence-corrected chi connectivity index (χ1v) is 11.8. The van der Waals surface area contributed by atoms with Gasteiger partial charge in [0.15, 0.2) is 0 Å². The molecule has 0 aliphatic heterocycles. The van der Waals surface area contributed by atoms with Crippen molar-refractivity contribution in [2.75, 3.05) is 24.6 Å². The molecule has 0 spiro atoms. The van der Waals surface area contributed by atoms with Crippen LogP contribution in [0.15, 0.2) is 65.6 Å². The Labute approximate surface area is 197 Å². The Hall–Kier alpha value is -3.30. The van der Waals surface area contributed by atoms with E-state index in [2.05, 4.69) is 0 Å². The third kappa shape index (κ3) is 5.20. The summed E-state index contributed by atoms with van der Waals surface area (Å²) in [5.41, 5.74) is 1.71. The lowest BCUT2D eigenvalue weighted by Gasteiger charge is -2.26. The summed E-state index contributed by atoms with van der Waals surface area (Å²) >= 11 is 6.17. The first-order valence-electron chi connectivity index (χ1n) is 9.95. The number of anilines is 1. The van der Waals surface area contributed by atoms with Crippen LogP contribution in [0.2, 0.25) is 5.02 Å². The maximum absolute atomic E-state index is 13.7. The third-order valence-corrected chi connectivity index (χ3v) is 7.29. The van der Waals surface area contributed by atoms with Crippen molar-refractivity contribution in [1.82, 2.24) is 0 Å². The molecule has 0 radical (unpaired) electrons. The Kier molecular flexibility index (Phi) is 7.45. The molecular weight excluding hydrogens is 468 g/mol. The molecule has 0 heterocycles. The minimum absolute atomic E-state index is 0.0233. The van der Waals surface area contributed by atoms with Crippen molar-refractivity contribution in [2.24, 2.45) is 0 Å². The Bertz CT molecular complexity index is 1260. The number of non-ortho nitro benzene ring substituents is 1. The van der Waals surface area contributed by atoms with E-state index < -0.39 is 14.9 Å². The molecule has 0 aliphatic carbocycles. The summed E-state index contributed by atoms with van der Waals surface area (Å²) in [5.74, 6) is 0.984. The van der Waals surface area contributed by atoms with Crippen LogP contribution in [0.1, 0.15) is 11.1 Å². The lowest BCUT2D eigenvalue weighted by molar-refractivity contribution is -0.385. The van der Waals surface area contributed by atoms with Crippen molar-refractivity contribution in [3.63, 3.8) is 0 Å². The van der Waals surface area contributed by atoms with Crippen molar-refractivity contribution >= 4 is 33.0 Å². The molecule has 174 valence electrons. The molecular formula is C23H23ClN2O6S. The summed E-state index contributed by atoms with van der Waals surface area (Å²) in [6.07, 6.45) is 0. The molecule has 0 unspecified atom stereocenters. The van der Waals surface area contributed by atoms with Gasteiger partial charge in [0, 0.05) is 12.1 Å². The number of methoxy groups -OCH3 is 1. The van der Waals surface area contributed by atoms with Gasteiger partial charge < -0.3 is 9.47 Å². The number of ether oxygens (including phenoxy) is 2. The topological polar surface area (TPSA) is 99.0 Å².